The van der Waals surface area contributed by atoms with Crippen LogP contribution in [-0.2, 0) is 4.79 Å². The summed E-state index contributed by atoms with van der Waals surface area (Å²) < 4.78 is 14.0. The second kappa shape index (κ2) is 10.4. The highest BCUT2D eigenvalue weighted by molar-refractivity contribution is 8.00. The minimum atomic E-state index is -0.476. The fraction of sp³-hybridized carbons (Fsp3) is 0.391. The quantitative estimate of drug-likeness (QED) is 0.614. The number of aryl methyl sites for hydroxylation is 1. The minimum absolute atomic E-state index is 0.0273. The highest BCUT2D eigenvalue weighted by atomic mass is 32.2. The second-order valence-electron chi connectivity index (χ2n) is 7.53. The second-order valence-corrected chi connectivity index (χ2v) is 8.55. The van der Waals surface area contributed by atoms with Gasteiger partial charge in [-0.05, 0) is 55.5 Å². The van der Waals surface area contributed by atoms with Crippen LogP contribution in [0.15, 0.2) is 47.4 Å². The van der Waals surface area contributed by atoms with Crippen molar-refractivity contribution in [3.05, 3.63) is 59.4 Å². The molecule has 0 atom stereocenters. The third-order valence-electron chi connectivity index (χ3n) is 5.17. The van der Waals surface area contributed by atoms with Gasteiger partial charge < -0.3 is 10.6 Å². The monoisotopic (exact) mass is 414 g/mol. The SMILES string of the molecule is Cc1ccc(F)c(NC(=O)c2ccccc2SCC(=O)NCC2CCCCC2)c1. The zero-order valence-electron chi connectivity index (χ0n) is 16.7. The Morgan fingerprint density at radius 3 is 2.66 bits per heavy atom. The lowest BCUT2D eigenvalue weighted by molar-refractivity contribution is -0.118. The Labute approximate surface area is 175 Å². The standard InChI is InChI=1S/C23H27FN2O2S/c1-16-11-12-19(24)20(13-16)26-23(28)18-9-5-6-10-21(18)29-15-22(27)25-14-17-7-3-2-4-8-17/h5-6,9-13,17H,2-4,7-8,14-15H2,1H3,(H,25,27)(H,26,28). The molecule has 2 aromatic rings. The molecule has 2 amide bonds. The molecule has 1 aliphatic rings. The minimum Gasteiger partial charge on any atom is -0.355 e. The van der Waals surface area contributed by atoms with Crippen LogP contribution in [0.2, 0.25) is 0 Å². The van der Waals surface area contributed by atoms with Crippen LogP contribution in [0.3, 0.4) is 0 Å². The van der Waals surface area contributed by atoms with E-state index >= 15 is 0 Å². The van der Waals surface area contributed by atoms with E-state index in [0.717, 1.165) is 12.1 Å². The van der Waals surface area contributed by atoms with Gasteiger partial charge in [0, 0.05) is 11.4 Å². The molecule has 29 heavy (non-hydrogen) atoms. The maximum atomic E-state index is 14.0. The Hall–Kier alpha value is -2.34. The van der Waals surface area contributed by atoms with E-state index in [-0.39, 0.29) is 23.3 Å². The number of amides is 2. The molecule has 2 aromatic carbocycles. The number of hydrogen-bond acceptors (Lipinski definition) is 3. The molecule has 0 unspecified atom stereocenters. The Bertz CT molecular complexity index is 866. The van der Waals surface area contributed by atoms with Crippen molar-refractivity contribution in [1.29, 1.82) is 0 Å². The number of anilines is 1. The highest BCUT2D eigenvalue weighted by Gasteiger charge is 2.16. The van der Waals surface area contributed by atoms with E-state index in [0.29, 0.717) is 16.4 Å². The number of carbonyl (C=O) groups is 2. The molecule has 1 fully saturated rings. The summed E-state index contributed by atoms with van der Waals surface area (Å²) in [5, 5.41) is 5.65. The van der Waals surface area contributed by atoms with Gasteiger partial charge in [-0.15, -0.1) is 11.8 Å². The zero-order valence-corrected chi connectivity index (χ0v) is 17.5. The summed E-state index contributed by atoms with van der Waals surface area (Å²) in [5.41, 5.74) is 1.44. The predicted molar refractivity (Wildman–Crippen MR) is 116 cm³/mol. The number of hydrogen-bond donors (Lipinski definition) is 2. The molecule has 0 spiro atoms. The van der Waals surface area contributed by atoms with Crippen molar-refractivity contribution >= 4 is 29.3 Å². The number of halogens is 1. The van der Waals surface area contributed by atoms with Crippen LogP contribution in [-0.4, -0.2) is 24.1 Å². The predicted octanol–water partition coefficient (Wildman–Crippen LogP) is 5.18. The third kappa shape index (κ3) is 6.32. The fourth-order valence-corrected chi connectivity index (χ4v) is 4.43. The third-order valence-corrected chi connectivity index (χ3v) is 6.25. The van der Waals surface area contributed by atoms with Gasteiger partial charge in [-0.1, -0.05) is 37.5 Å². The van der Waals surface area contributed by atoms with Gasteiger partial charge in [-0.25, -0.2) is 4.39 Å². The fourth-order valence-electron chi connectivity index (χ4n) is 3.55. The molecule has 154 valence electrons. The lowest BCUT2D eigenvalue weighted by Gasteiger charge is -2.21. The van der Waals surface area contributed by atoms with Crippen LogP contribution in [0.4, 0.5) is 10.1 Å². The van der Waals surface area contributed by atoms with Gasteiger partial charge in [0.05, 0.1) is 17.0 Å². The van der Waals surface area contributed by atoms with Gasteiger partial charge in [0.25, 0.3) is 5.91 Å². The Morgan fingerprint density at radius 1 is 1.10 bits per heavy atom. The van der Waals surface area contributed by atoms with Crippen LogP contribution in [0, 0.1) is 18.7 Å². The van der Waals surface area contributed by atoms with Crippen molar-refractivity contribution < 1.29 is 14.0 Å². The van der Waals surface area contributed by atoms with Gasteiger partial charge in [0.2, 0.25) is 5.91 Å². The Balaban J connectivity index is 1.57. The number of benzene rings is 2. The van der Waals surface area contributed by atoms with Gasteiger partial charge in [-0.3, -0.25) is 9.59 Å². The summed E-state index contributed by atoms with van der Waals surface area (Å²) in [5.74, 6) is -0.0626. The molecule has 4 nitrogen and oxygen atoms in total. The van der Waals surface area contributed by atoms with Crippen LogP contribution < -0.4 is 10.6 Å². The van der Waals surface area contributed by atoms with Crippen molar-refractivity contribution in [1.82, 2.24) is 5.32 Å². The first kappa shape index (κ1) is 21.4. The van der Waals surface area contributed by atoms with Crippen molar-refractivity contribution in [2.45, 2.75) is 43.9 Å². The summed E-state index contributed by atoms with van der Waals surface area (Å²) in [4.78, 5) is 25.6. The molecule has 0 radical (unpaired) electrons. The number of carbonyl (C=O) groups excluding carboxylic acids is 2. The van der Waals surface area contributed by atoms with Gasteiger partial charge in [-0.2, -0.15) is 0 Å². The first-order valence-corrected chi connectivity index (χ1v) is 11.1. The summed E-state index contributed by atoms with van der Waals surface area (Å²) in [6.45, 7) is 2.57. The van der Waals surface area contributed by atoms with Crippen LogP contribution in [0.1, 0.15) is 48.0 Å². The average molecular weight is 415 g/mol. The normalized spacial score (nSPS) is 14.4. The van der Waals surface area contributed by atoms with Crippen molar-refractivity contribution in [3.8, 4) is 0 Å². The Morgan fingerprint density at radius 2 is 1.86 bits per heavy atom. The molecular formula is C23H27FN2O2S. The molecular weight excluding hydrogens is 387 g/mol. The maximum Gasteiger partial charge on any atom is 0.256 e. The van der Waals surface area contributed by atoms with E-state index in [2.05, 4.69) is 10.6 Å². The van der Waals surface area contributed by atoms with E-state index in [4.69, 9.17) is 0 Å². The molecule has 0 aromatic heterocycles. The summed E-state index contributed by atoms with van der Waals surface area (Å²) in [6, 6.07) is 11.7. The lowest BCUT2D eigenvalue weighted by Crippen LogP contribution is -2.31. The van der Waals surface area contributed by atoms with Crippen molar-refractivity contribution in [2.24, 2.45) is 5.92 Å². The molecule has 6 heteroatoms. The number of nitrogens with one attached hydrogen (secondary N) is 2. The molecule has 0 heterocycles. The summed E-state index contributed by atoms with van der Waals surface area (Å²) in [7, 11) is 0. The lowest BCUT2D eigenvalue weighted by atomic mass is 9.89. The van der Waals surface area contributed by atoms with Crippen LogP contribution >= 0.6 is 11.8 Å². The van der Waals surface area contributed by atoms with Crippen molar-refractivity contribution in [2.75, 3.05) is 17.6 Å². The number of rotatable bonds is 7. The summed E-state index contributed by atoms with van der Waals surface area (Å²) in [6.07, 6.45) is 6.17. The van der Waals surface area contributed by atoms with Crippen LogP contribution in [0.25, 0.3) is 0 Å². The smallest absolute Gasteiger partial charge is 0.256 e. The molecule has 0 bridgehead atoms. The highest BCUT2D eigenvalue weighted by Crippen LogP contribution is 2.25. The molecule has 1 saturated carbocycles. The average Bonchev–Trinajstić information content (AvgIpc) is 2.74. The first-order valence-electron chi connectivity index (χ1n) is 10.1. The molecule has 0 saturated heterocycles. The summed E-state index contributed by atoms with van der Waals surface area (Å²) >= 11 is 1.32. The number of thioether (sulfide) groups is 1. The van der Waals surface area contributed by atoms with E-state index in [1.54, 1.807) is 30.3 Å². The molecule has 0 aliphatic heterocycles. The van der Waals surface area contributed by atoms with Crippen LogP contribution in [0.5, 0.6) is 0 Å². The largest absolute Gasteiger partial charge is 0.355 e. The van der Waals surface area contributed by atoms with E-state index in [1.165, 1.54) is 49.9 Å². The van der Waals surface area contributed by atoms with Gasteiger partial charge in [0.1, 0.15) is 5.82 Å². The zero-order chi connectivity index (χ0) is 20.6. The van der Waals surface area contributed by atoms with Gasteiger partial charge >= 0.3 is 0 Å². The first-order chi connectivity index (χ1) is 14.0. The molecule has 1 aliphatic carbocycles. The van der Waals surface area contributed by atoms with E-state index < -0.39 is 5.82 Å². The van der Waals surface area contributed by atoms with Gasteiger partial charge in [0.15, 0.2) is 0 Å². The van der Waals surface area contributed by atoms with E-state index in [9.17, 15) is 14.0 Å². The van der Waals surface area contributed by atoms with E-state index in [1.807, 2.05) is 13.0 Å². The van der Waals surface area contributed by atoms with Crippen molar-refractivity contribution in [3.63, 3.8) is 0 Å². The molecule has 3 rings (SSSR count). The topological polar surface area (TPSA) is 58.2 Å². The molecule has 2 N–H and O–H groups in total. The maximum absolute atomic E-state index is 14.0. The Kier molecular flexibility index (Phi) is 7.69.